The number of fused-ring (bicyclic) bond motifs is 1. The van der Waals surface area contributed by atoms with Gasteiger partial charge in [0.05, 0.1) is 5.56 Å². The van der Waals surface area contributed by atoms with Crippen LogP contribution in [0.3, 0.4) is 0 Å². The summed E-state index contributed by atoms with van der Waals surface area (Å²) in [6, 6.07) is 6.76. The summed E-state index contributed by atoms with van der Waals surface area (Å²) in [5.41, 5.74) is 1.93. The minimum absolute atomic E-state index is 0.191. The van der Waals surface area contributed by atoms with Crippen LogP contribution >= 0.6 is 22.6 Å². The Kier molecular flexibility index (Phi) is 4.86. The average molecular weight is 498 g/mol. The van der Waals surface area contributed by atoms with Crippen molar-refractivity contribution in [2.45, 2.75) is 12.6 Å². The largest absolute Gasteiger partial charge is 0.416 e. The molecule has 144 valence electrons. The van der Waals surface area contributed by atoms with Crippen molar-refractivity contribution in [3.63, 3.8) is 0 Å². The molecule has 1 aliphatic heterocycles. The predicted molar refractivity (Wildman–Crippen MR) is 106 cm³/mol. The van der Waals surface area contributed by atoms with Gasteiger partial charge in [0.15, 0.2) is 11.3 Å². The minimum Gasteiger partial charge on any atom is -0.333 e. The van der Waals surface area contributed by atoms with Gasteiger partial charge in [-0.1, -0.05) is 18.2 Å². The Morgan fingerprint density at radius 3 is 2.57 bits per heavy atom. The van der Waals surface area contributed by atoms with Gasteiger partial charge in [0, 0.05) is 35.1 Å². The van der Waals surface area contributed by atoms with Crippen LogP contribution in [0.15, 0.2) is 48.8 Å². The number of rotatable bonds is 2. The topological polar surface area (TPSA) is 50.5 Å². The van der Waals surface area contributed by atoms with Gasteiger partial charge in [-0.15, -0.1) is 0 Å². The maximum Gasteiger partial charge on any atom is 0.416 e. The van der Waals surface area contributed by atoms with E-state index in [-0.39, 0.29) is 5.91 Å². The predicted octanol–water partition coefficient (Wildman–Crippen LogP) is 4.28. The van der Waals surface area contributed by atoms with Crippen molar-refractivity contribution in [1.29, 1.82) is 0 Å². The minimum atomic E-state index is -4.34. The molecular weight excluding hydrogens is 484 g/mol. The van der Waals surface area contributed by atoms with Crippen LogP contribution in [0.5, 0.6) is 0 Å². The van der Waals surface area contributed by atoms with Gasteiger partial charge in [-0.2, -0.15) is 18.3 Å². The van der Waals surface area contributed by atoms with Crippen LogP contribution in [0.1, 0.15) is 28.0 Å². The smallest absolute Gasteiger partial charge is 0.333 e. The third-order valence-electron chi connectivity index (χ3n) is 4.58. The van der Waals surface area contributed by atoms with Gasteiger partial charge in [-0.25, -0.2) is 9.50 Å². The number of carbonyl (C=O) groups is 1. The molecule has 0 aliphatic carbocycles. The molecule has 0 bridgehead atoms. The van der Waals surface area contributed by atoms with Crippen LogP contribution in [0.25, 0.3) is 11.2 Å². The molecule has 1 aromatic carbocycles. The lowest BCUT2D eigenvalue weighted by molar-refractivity contribution is -0.137. The van der Waals surface area contributed by atoms with Gasteiger partial charge < -0.3 is 4.90 Å². The second-order valence-electron chi connectivity index (χ2n) is 6.41. The molecule has 0 N–H and O–H groups in total. The summed E-state index contributed by atoms with van der Waals surface area (Å²) in [7, 11) is 0. The van der Waals surface area contributed by atoms with Crippen molar-refractivity contribution in [3.8, 4) is 0 Å². The lowest BCUT2D eigenvalue weighted by Gasteiger charge is -2.26. The quantitative estimate of drug-likeness (QED) is 0.496. The van der Waals surface area contributed by atoms with Gasteiger partial charge in [-0.05, 0) is 52.3 Å². The molecule has 1 aliphatic rings. The van der Waals surface area contributed by atoms with Crippen molar-refractivity contribution >= 4 is 39.7 Å². The lowest BCUT2D eigenvalue weighted by Crippen LogP contribution is -2.34. The highest BCUT2D eigenvalue weighted by atomic mass is 127. The normalized spacial score (nSPS) is 15.0. The maximum absolute atomic E-state index is 12.7. The van der Waals surface area contributed by atoms with E-state index in [1.165, 1.54) is 12.1 Å². The first-order chi connectivity index (χ1) is 13.3. The average Bonchev–Trinajstić information content (AvgIpc) is 3.10. The fourth-order valence-corrected chi connectivity index (χ4v) is 3.51. The highest BCUT2D eigenvalue weighted by Crippen LogP contribution is 2.31. The second-order valence-corrected chi connectivity index (χ2v) is 7.66. The van der Waals surface area contributed by atoms with Crippen molar-refractivity contribution < 1.29 is 18.0 Å². The Morgan fingerprint density at radius 1 is 1.18 bits per heavy atom. The third-order valence-corrected chi connectivity index (χ3v) is 5.14. The second kappa shape index (κ2) is 7.19. The number of alkyl halides is 3. The van der Waals surface area contributed by atoms with Crippen LogP contribution in [-0.2, 0) is 6.18 Å². The van der Waals surface area contributed by atoms with Gasteiger partial charge >= 0.3 is 6.18 Å². The number of aromatic nitrogens is 3. The highest BCUT2D eigenvalue weighted by Gasteiger charge is 2.30. The van der Waals surface area contributed by atoms with E-state index in [4.69, 9.17) is 0 Å². The molecule has 3 heterocycles. The molecule has 0 unspecified atom stereocenters. The zero-order valence-corrected chi connectivity index (χ0v) is 16.6. The number of hydrogen-bond acceptors (Lipinski definition) is 3. The van der Waals surface area contributed by atoms with Gasteiger partial charge in [0.2, 0.25) is 0 Å². The van der Waals surface area contributed by atoms with Crippen LogP contribution in [-0.4, -0.2) is 38.5 Å². The Balaban J connectivity index is 1.49. The molecule has 0 atom stereocenters. The van der Waals surface area contributed by atoms with Crippen LogP contribution < -0.4 is 0 Å². The van der Waals surface area contributed by atoms with Gasteiger partial charge in [-0.3, -0.25) is 4.79 Å². The van der Waals surface area contributed by atoms with E-state index in [1.807, 2.05) is 6.08 Å². The molecular formula is C19H14F3IN4O. The summed E-state index contributed by atoms with van der Waals surface area (Å²) in [5, 5.41) is 4.29. The van der Waals surface area contributed by atoms with Crippen molar-refractivity contribution in [2.24, 2.45) is 0 Å². The molecule has 5 nitrogen and oxygen atoms in total. The zero-order valence-electron chi connectivity index (χ0n) is 14.4. The summed E-state index contributed by atoms with van der Waals surface area (Å²) in [6.45, 7) is 0.860. The Morgan fingerprint density at radius 2 is 1.93 bits per heavy atom. The molecule has 0 radical (unpaired) electrons. The summed E-state index contributed by atoms with van der Waals surface area (Å²) in [6.07, 6.45) is 1.59. The monoisotopic (exact) mass is 498 g/mol. The Labute approximate surface area is 172 Å². The van der Waals surface area contributed by atoms with Crippen LogP contribution in [0, 0.1) is 3.57 Å². The van der Waals surface area contributed by atoms with Gasteiger partial charge in [0.1, 0.15) is 0 Å². The maximum atomic E-state index is 12.7. The molecule has 2 aromatic heterocycles. The first-order valence-electron chi connectivity index (χ1n) is 8.48. The fourth-order valence-electron chi connectivity index (χ4n) is 3.11. The standard InChI is InChI=1S/C19H14F3IN4O/c20-19(21,22)14-3-1-12(2-4-14)13-5-7-26(8-6-13)18(28)16-9-17-24-10-15(23)11-27(17)25-16/h1-5,9-11H,6-8H2. The zero-order chi connectivity index (χ0) is 19.9. The third kappa shape index (κ3) is 3.75. The molecule has 0 spiro atoms. The van der Waals surface area contributed by atoms with E-state index in [0.717, 1.165) is 26.8 Å². The van der Waals surface area contributed by atoms with Crippen molar-refractivity contribution in [2.75, 3.05) is 13.1 Å². The molecule has 0 saturated heterocycles. The molecule has 0 saturated carbocycles. The number of halogens is 4. The molecule has 9 heteroatoms. The first kappa shape index (κ1) is 18.9. The number of benzene rings is 1. The molecule has 4 rings (SSSR count). The van der Waals surface area contributed by atoms with E-state index < -0.39 is 11.7 Å². The molecule has 0 fully saturated rings. The first-order valence-corrected chi connectivity index (χ1v) is 9.56. The number of nitrogens with zero attached hydrogens (tertiary/aromatic N) is 4. The van der Waals surface area contributed by atoms with Crippen LogP contribution in [0.4, 0.5) is 13.2 Å². The molecule has 3 aromatic rings. The van der Waals surface area contributed by atoms with E-state index >= 15 is 0 Å². The lowest BCUT2D eigenvalue weighted by atomic mass is 9.98. The number of hydrogen-bond donors (Lipinski definition) is 0. The van der Waals surface area contributed by atoms with E-state index in [9.17, 15) is 18.0 Å². The fraction of sp³-hybridized carbons (Fsp3) is 0.211. The number of amides is 1. The summed E-state index contributed by atoms with van der Waals surface area (Å²) in [5.74, 6) is -0.191. The van der Waals surface area contributed by atoms with Crippen molar-refractivity contribution in [3.05, 3.63) is 69.2 Å². The highest BCUT2D eigenvalue weighted by molar-refractivity contribution is 14.1. The summed E-state index contributed by atoms with van der Waals surface area (Å²) >= 11 is 2.12. The summed E-state index contributed by atoms with van der Waals surface area (Å²) in [4.78, 5) is 18.6. The Bertz CT molecular complexity index is 1070. The van der Waals surface area contributed by atoms with E-state index in [0.29, 0.717) is 30.9 Å². The van der Waals surface area contributed by atoms with Crippen LogP contribution in [0.2, 0.25) is 0 Å². The Hall–Kier alpha value is -2.43. The SMILES string of the molecule is O=C(c1cc2ncc(I)cn2n1)N1CC=C(c2ccc(C(F)(F)F)cc2)CC1. The van der Waals surface area contributed by atoms with Crippen molar-refractivity contribution in [1.82, 2.24) is 19.5 Å². The van der Waals surface area contributed by atoms with E-state index in [2.05, 4.69) is 32.7 Å². The summed E-state index contributed by atoms with van der Waals surface area (Å²) < 4.78 is 40.6. The van der Waals surface area contributed by atoms with E-state index in [1.54, 1.807) is 27.9 Å². The molecule has 1 amide bonds. The number of carbonyl (C=O) groups excluding carboxylic acids is 1. The molecule has 28 heavy (non-hydrogen) atoms. The van der Waals surface area contributed by atoms with Gasteiger partial charge in [0.25, 0.3) is 5.91 Å².